The van der Waals surface area contributed by atoms with E-state index in [1.807, 2.05) is 26.2 Å². The summed E-state index contributed by atoms with van der Waals surface area (Å²) in [5, 5.41) is 5.94. The Bertz CT molecular complexity index is 360. The van der Waals surface area contributed by atoms with Crippen LogP contribution in [0.4, 0.5) is 0 Å². The number of thiazole rings is 1. The zero-order chi connectivity index (χ0) is 12.9. The van der Waals surface area contributed by atoms with Crippen LogP contribution in [0.1, 0.15) is 45.0 Å². The first-order valence-corrected chi connectivity index (χ1v) is 6.82. The third-order valence-corrected chi connectivity index (χ3v) is 3.89. The summed E-state index contributed by atoms with van der Waals surface area (Å²) < 4.78 is 0. The summed E-state index contributed by atoms with van der Waals surface area (Å²) >= 11 is 1.57. The number of hydrogen-bond acceptors (Lipinski definition) is 4. The molecule has 1 heterocycles. The molecule has 0 saturated heterocycles. The Kier molecular flexibility index (Phi) is 10.5. The molecule has 0 bridgehead atoms. The van der Waals surface area contributed by atoms with E-state index in [0.717, 1.165) is 11.4 Å². The Morgan fingerprint density at radius 2 is 2.21 bits per heavy atom. The fourth-order valence-corrected chi connectivity index (χ4v) is 2.35. The van der Waals surface area contributed by atoms with E-state index in [1.165, 1.54) is 0 Å². The predicted molar refractivity (Wildman–Crippen MR) is 85.3 cm³/mol. The van der Waals surface area contributed by atoms with Crippen molar-refractivity contribution in [2.45, 2.75) is 51.6 Å². The summed E-state index contributed by atoms with van der Waals surface area (Å²) in [6.07, 6.45) is 3.77. The van der Waals surface area contributed by atoms with Gasteiger partial charge in [-0.3, -0.25) is 4.79 Å². The molecule has 2 unspecified atom stereocenters. The number of amides is 1. The van der Waals surface area contributed by atoms with Crippen LogP contribution in [0, 0.1) is 0 Å². The molecule has 0 aliphatic rings. The number of nitrogens with two attached hydrogens (primary N) is 1. The third-order valence-electron chi connectivity index (χ3n) is 2.85. The van der Waals surface area contributed by atoms with E-state index in [2.05, 4.69) is 10.3 Å². The summed E-state index contributed by atoms with van der Waals surface area (Å²) in [5.41, 5.74) is 5.28. The van der Waals surface area contributed by atoms with Crippen molar-refractivity contribution in [3.63, 3.8) is 0 Å². The lowest BCUT2D eigenvalue weighted by molar-refractivity contribution is -0.123. The van der Waals surface area contributed by atoms with Gasteiger partial charge >= 0.3 is 0 Å². The van der Waals surface area contributed by atoms with Crippen molar-refractivity contribution in [2.75, 3.05) is 0 Å². The first-order valence-electron chi connectivity index (χ1n) is 5.94. The average Bonchev–Trinajstić information content (AvgIpc) is 2.80. The molecule has 7 heteroatoms. The second kappa shape index (κ2) is 9.53. The molecular weight excluding hydrogens is 305 g/mol. The van der Waals surface area contributed by atoms with Crippen molar-refractivity contribution < 1.29 is 4.79 Å². The zero-order valence-corrected chi connectivity index (χ0v) is 14.0. The quantitative estimate of drug-likeness (QED) is 0.844. The van der Waals surface area contributed by atoms with Gasteiger partial charge in [-0.1, -0.05) is 6.92 Å². The molecule has 0 aliphatic carbocycles. The molecule has 0 radical (unpaired) electrons. The molecule has 19 heavy (non-hydrogen) atoms. The standard InChI is InChI=1S/C12H21N3OS.2ClH/c1-4-12(3,11-14-7-8-17-11)15-10(16)6-5-9(2)13;;/h7-9H,4-6,13H2,1-3H3,(H,15,16);2*1H. The van der Waals surface area contributed by atoms with E-state index in [1.54, 1.807) is 17.5 Å². The molecule has 112 valence electrons. The molecule has 3 N–H and O–H groups in total. The molecule has 0 aromatic carbocycles. The van der Waals surface area contributed by atoms with Gasteiger partial charge in [0, 0.05) is 24.0 Å². The summed E-state index contributed by atoms with van der Waals surface area (Å²) in [7, 11) is 0. The monoisotopic (exact) mass is 327 g/mol. The van der Waals surface area contributed by atoms with Gasteiger partial charge in [0.2, 0.25) is 5.91 Å². The van der Waals surface area contributed by atoms with Gasteiger partial charge in [0.05, 0.1) is 5.54 Å². The van der Waals surface area contributed by atoms with Gasteiger partial charge in [-0.25, -0.2) is 4.98 Å². The summed E-state index contributed by atoms with van der Waals surface area (Å²) in [6.45, 7) is 5.97. The number of carbonyl (C=O) groups is 1. The van der Waals surface area contributed by atoms with Gasteiger partial charge < -0.3 is 11.1 Å². The van der Waals surface area contributed by atoms with Crippen LogP contribution < -0.4 is 11.1 Å². The second-order valence-corrected chi connectivity index (χ2v) is 5.48. The first kappa shape index (κ1) is 20.9. The van der Waals surface area contributed by atoms with Crippen molar-refractivity contribution in [3.8, 4) is 0 Å². The van der Waals surface area contributed by atoms with Crippen LogP contribution >= 0.6 is 36.2 Å². The highest BCUT2D eigenvalue weighted by atomic mass is 35.5. The van der Waals surface area contributed by atoms with Crippen LogP contribution in [0.15, 0.2) is 11.6 Å². The minimum Gasteiger partial charge on any atom is -0.344 e. The summed E-state index contributed by atoms with van der Waals surface area (Å²) in [4.78, 5) is 16.1. The lowest BCUT2D eigenvalue weighted by Gasteiger charge is -2.27. The Labute approximate surface area is 131 Å². The molecule has 0 fully saturated rings. The second-order valence-electron chi connectivity index (χ2n) is 4.59. The predicted octanol–water partition coefficient (Wildman–Crippen LogP) is 2.86. The maximum atomic E-state index is 11.8. The molecule has 1 amide bonds. The van der Waals surface area contributed by atoms with Gasteiger partial charge in [-0.2, -0.15) is 0 Å². The van der Waals surface area contributed by atoms with E-state index < -0.39 is 0 Å². The number of nitrogens with one attached hydrogen (secondary N) is 1. The SMILES string of the molecule is CCC(C)(NC(=O)CCC(C)N)c1nccs1.Cl.Cl. The van der Waals surface area contributed by atoms with Crippen molar-refractivity contribution in [3.05, 3.63) is 16.6 Å². The largest absolute Gasteiger partial charge is 0.344 e. The van der Waals surface area contributed by atoms with Gasteiger partial charge in [0.25, 0.3) is 0 Å². The number of aromatic nitrogens is 1. The van der Waals surface area contributed by atoms with E-state index in [0.29, 0.717) is 12.8 Å². The van der Waals surface area contributed by atoms with E-state index in [4.69, 9.17) is 5.73 Å². The molecule has 0 spiro atoms. The van der Waals surface area contributed by atoms with Crippen LogP contribution in [0.25, 0.3) is 0 Å². The number of halogens is 2. The molecule has 0 aliphatic heterocycles. The van der Waals surface area contributed by atoms with Crippen LogP contribution in [-0.2, 0) is 10.3 Å². The lowest BCUT2D eigenvalue weighted by Crippen LogP contribution is -2.43. The molecule has 1 aromatic heterocycles. The third kappa shape index (κ3) is 6.56. The van der Waals surface area contributed by atoms with Gasteiger partial charge in [-0.05, 0) is 26.7 Å². The number of nitrogens with zero attached hydrogens (tertiary/aromatic N) is 1. The average molecular weight is 328 g/mol. The van der Waals surface area contributed by atoms with Gasteiger partial charge in [0.15, 0.2) is 0 Å². The highest BCUT2D eigenvalue weighted by Crippen LogP contribution is 2.26. The van der Waals surface area contributed by atoms with Crippen molar-refractivity contribution in [1.29, 1.82) is 0 Å². The summed E-state index contributed by atoms with van der Waals surface area (Å²) in [6, 6.07) is 0.0634. The van der Waals surface area contributed by atoms with Crippen LogP contribution in [0.5, 0.6) is 0 Å². The van der Waals surface area contributed by atoms with Gasteiger partial charge in [0.1, 0.15) is 5.01 Å². The van der Waals surface area contributed by atoms with Crippen LogP contribution in [0.3, 0.4) is 0 Å². The highest BCUT2D eigenvalue weighted by Gasteiger charge is 2.28. The minimum atomic E-state index is -0.358. The molecule has 4 nitrogen and oxygen atoms in total. The Hall–Kier alpha value is -0.360. The minimum absolute atomic E-state index is 0. The number of hydrogen-bond donors (Lipinski definition) is 2. The first-order chi connectivity index (χ1) is 7.98. The van der Waals surface area contributed by atoms with Crippen molar-refractivity contribution >= 4 is 42.1 Å². The molecule has 1 aromatic rings. The van der Waals surface area contributed by atoms with E-state index in [9.17, 15) is 4.79 Å². The fraction of sp³-hybridized carbons (Fsp3) is 0.667. The maximum absolute atomic E-state index is 11.8. The van der Waals surface area contributed by atoms with Crippen LogP contribution in [0.2, 0.25) is 0 Å². The van der Waals surface area contributed by atoms with E-state index in [-0.39, 0.29) is 42.3 Å². The number of rotatable bonds is 6. The molecule has 1 rings (SSSR count). The normalized spacial score (nSPS) is 14.5. The van der Waals surface area contributed by atoms with E-state index >= 15 is 0 Å². The molecule has 0 saturated carbocycles. The Morgan fingerprint density at radius 1 is 1.58 bits per heavy atom. The van der Waals surface area contributed by atoms with Crippen LogP contribution in [-0.4, -0.2) is 16.9 Å². The lowest BCUT2D eigenvalue weighted by atomic mass is 9.99. The fourth-order valence-electron chi connectivity index (χ4n) is 1.52. The Balaban J connectivity index is 0. The van der Waals surface area contributed by atoms with Crippen molar-refractivity contribution in [2.24, 2.45) is 5.73 Å². The zero-order valence-electron chi connectivity index (χ0n) is 11.5. The van der Waals surface area contributed by atoms with Gasteiger partial charge in [-0.15, -0.1) is 36.2 Å². The maximum Gasteiger partial charge on any atom is 0.220 e. The summed E-state index contributed by atoms with van der Waals surface area (Å²) in [5.74, 6) is 0.0434. The Morgan fingerprint density at radius 3 is 2.63 bits per heavy atom. The smallest absolute Gasteiger partial charge is 0.220 e. The molecular formula is C12H23Cl2N3OS. The van der Waals surface area contributed by atoms with Crippen molar-refractivity contribution in [1.82, 2.24) is 10.3 Å². The topological polar surface area (TPSA) is 68.0 Å². The highest BCUT2D eigenvalue weighted by molar-refractivity contribution is 7.09. The number of carbonyl (C=O) groups excluding carboxylic acids is 1. The molecule has 2 atom stereocenters.